The molecule has 0 aromatic carbocycles. The Morgan fingerprint density at radius 2 is 2.05 bits per heavy atom. The Hall–Kier alpha value is -0.263. The number of unbranched alkanes of at least 4 members (excludes halogenated alkanes) is 1. The fourth-order valence-electron chi connectivity index (χ4n) is 2.09. The van der Waals surface area contributed by atoms with E-state index in [-0.39, 0.29) is 0 Å². The highest BCUT2D eigenvalue weighted by molar-refractivity contribution is 7.98. The second kappa shape index (κ2) is 6.24. The van der Waals surface area contributed by atoms with E-state index in [1.807, 2.05) is 18.0 Å². The largest absolute Gasteiger partial charge is 0.417 e. The molecule has 0 saturated heterocycles. The van der Waals surface area contributed by atoms with Gasteiger partial charge < -0.3 is 4.43 Å². The van der Waals surface area contributed by atoms with E-state index in [2.05, 4.69) is 43.6 Å². The minimum atomic E-state index is -1.56. The van der Waals surface area contributed by atoms with Crippen LogP contribution in [0.25, 0.3) is 0 Å². The molecule has 2 heterocycles. The van der Waals surface area contributed by atoms with E-state index < -0.39 is 8.32 Å². The molecule has 1 aliphatic rings. The molecule has 114 valence electrons. The van der Waals surface area contributed by atoms with Gasteiger partial charge in [0.25, 0.3) is 0 Å². The second-order valence-corrected chi connectivity index (χ2v) is 12.9. The highest BCUT2D eigenvalue weighted by Crippen LogP contribution is 2.36. The summed E-state index contributed by atoms with van der Waals surface area (Å²) in [6.45, 7) is 13.5. The van der Waals surface area contributed by atoms with E-state index in [0.717, 1.165) is 37.5 Å². The van der Waals surface area contributed by atoms with Crippen LogP contribution in [0.3, 0.4) is 0 Å². The SMILES string of the molecule is CC(C)(C)[Si](C)(C)OCCCCn1ncc2c1CSC2. The highest BCUT2D eigenvalue weighted by atomic mass is 32.2. The summed E-state index contributed by atoms with van der Waals surface area (Å²) in [6.07, 6.45) is 4.34. The summed E-state index contributed by atoms with van der Waals surface area (Å²) < 4.78 is 8.41. The van der Waals surface area contributed by atoms with Crippen molar-refractivity contribution in [2.45, 2.75) is 69.8 Å². The third kappa shape index (κ3) is 3.68. The Kier molecular flexibility index (Phi) is 5.03. The smallest absolute Gasteiger partial charge is 0.191 e. The molecule has 0 amide bonds. The molecule has 3 nitrogen and oxygen atoms in total. The number of fused-ring (bicyclic) bond motifs is 1. The van der Waals surface area contributed by atoms with E-state index in [9.17, 15) is 0 Å². The molecule has 0 spiro atoms. The van der Waals surface area contributed by atoms with E-state index in [1.165, 1.54) is 11.3 Å². The number of hydrogen-bond donors (Lipinski definition) is 0. The monoisotopic (exact) mass is 312 g/mol. The van der Waals surface area contributed by atoms with Crippen molar-refractivity contribution in [1.82, 2.24) is 9.78 Å². The third-order valence-electron chi connectivity index (χ3n) is 4.56. The number of aryl methyl sites for hydroxylation is 1. The van der Waals surface area contributed by atoms with Crippen LogP contribution in [0.4, 0.5) is 0 Å². The molecule has 0 unspecified atom stereocenters. The predicted molar refractivity (Wildman–Crippen MR) is 89.6 cm³/mol. The van der Waals surface area contributed by atoms with Crippen molar-refractivity contribution in [2.24, 2.45) is 0 Å². The van der Waals surface area contributed by atoms with Crippen molar-refractivity contribution >= 4 is 20.1 Å². The van der Waals surface area contributed by atoms with Crippen LogP contribution in [-0.2, 0) is 22.5 Å². The van der Waals surface area contributed by atoms with Gasteiger partial charge >= 0.3 is 0 Å². The number of nitrogens with zero attached hydrogens (tertiary/aromatic N) is 2. The van der Waals surface area contributed by atoms with E-state index in [0.29, 0.717) is 5.04 Å². The van der Waals surface area contributed by atoms with Crippen molar-refractivity contribution in [3.8, 4) is 0 Å². The lowest BCUT2D eigenvalue weighted by atomic mass is 10.2. The molecule has 0 aliphatic carbocycles. The maximum absolute atomic E-state index is 6.21. The topological polar surface area (TPSA) is 27.1 Å². The Bertz CT molecular complexity index is 451. The zero-order chi connectivity index (χ0) is 14.8. The van der Waals surface area contributed by atoms with Crippen LogP contribution < -0.4 is 0 Å². The van der Waals surface area contributed by atoms with Gasteiger partial charge in [-0.15, -0.1) is 0 Å². The van der Waals surface area contributed by atoms with Gasteiger partial charge in [-0.05, 0) is 31.0 Å². The molecule has 0 bridgehead atoms. The van der Waals surface area contributed by atoms with Crippen molar-refractivity contribution in [2.75, 3.05) is 6.61 Å². The van der Waals surface area contributed by atoms with Gasteiger partial charge in [0.15, 0.2) is 8.32 Å². The lowest BCUT2D eigenvalue weighted by Crippen LogP contribution is -2.40. The Balaban J connectivity index is 1.70. The zero-order valence-corrected chi connectivity index (χ0v) is 15.3. The number of hydrogen-bond acceptors (Lipinski definition) is 3. The van der Waals surface area contributed by atoms with Crippen molar-refractivity contribution in [3.05, 3.63) is 17.5 Å². The highest BCUT2D eigenvalue weighted by Gasteiger charge is 2.36. The summed E-state index contributed by atoms with van der Waals surface area (Å²) in [5.74, 6) is 2.28. The van der Waals surface area contributed by atoms with Crippen molar-refractivity contribution in [1.29, 1.82) is 0 Å². The van der Waals surface area contributed by atoms with Gasteiger partial charge in [-0.3, -0.25) is 4.68 Å². The van der Waals surface area contributed by atoms with E-state index in [1.54, 1.807) is 0 Å². The first kappa shape index (κ1) is 16.1. The fourth-order valence-corrected chi connectivity index (χ4v) is 4.27. The van der Waals surface area contributed by atoms with Gasteiger partial charge in [0, 0.05) is 30.2 Å². The van der Waals surface area contributed by atoms with Gasteiger partial charge in [-0.2, -0.15) is 16.9 Å². The molecule has 2 rings (SSSR count). The molecule has 1 aromatic heterocycles. The molecular weight excluding hydrogens is 284 g/mol. The van der Waals surface area contributed by atoms with Gasteiger partial charge in [0.1, 0.15) is 0 Å². The van der Waals surface area contributed by atoms with E-state index in [4.69, 9.17) is 4.43 Å². The maximum atomic E-state index is 6.21. The average molecular weight is 313 g/mol. The summed E-state index contributed by atoms with van der Waals surface area (Å²) >= 11 is 1.99. The summed E-state index contributed by atoms with van der Waals surface area (Å²) in [4.78, 5) is 0. The summed E-state index contributed by atoms with van der Waals surface area (Å²) in [6, 6.07) is 0. The van der Waals surface area contributed by atoms with Crippen LogP contribution >= 0.6 is 11.8 Å². The summed E-state index contributed by atoms with van der Waals surface area (Å²) in [5, 5.41) is 4.81. The predicted octanol–water partition coefficient (Wildman–Crippen LogP) is 4.43. The van der Waals surface area contributed by atoms with Crippen LogP contribution in [0.15, 0.2) is 6.20 Å². The Morgan fingerprint density at radius 3 is 2.75 bits per heavy atom. The van der Waals surface area contributed by atoms with Gasteiger partial charge in [-0.1, -0.05) is 20.8 Å². The normalized spacial score (nSPS) is 15.7. The van der Waals surface area contributed by atoms with Crippen LogP contribution in [0.1, 0.15) is 44.9 Å². The number of rotatable bonds is 6. The van der Waals surface area contributed by atoms with Crippen LogP contribution in [0, 0.1) is 0 Å². The van der Waals surface area contributed by atoms with Crippen LogP contribution in [0.2, 0.25) is 18.1 Å². The van der Waals surface area contributed by atoms with Gasteiger partial charge in [-0.25, -0.2) is 0 Å². The molecule has 0 radical (unpaired) electrons. The Labute approximate surface area is 128 Å². The van der Waals surface area contributed by atoms with Gasteiger partial charge in [0.05, 0.1) is 11.9 Å². The van der Waals surface area contributed by atoms with Crippen molar-refractivity contribution in [3.63, 3.8) is 0 Å². The molecule has 0 fully saturated rings. The molecular formula is C15H28N2OSSi. The molecule has 0 N–H and O–H groups in total. The zero-order valence-electron chi connectivity index (χ0n) is 13.5. The summed E-state index contributed by atoms with van der Waals surface area (Å²) in [7, 11) is -1.56. The molecule has 0 saturated carbocycles. The average Bonchev–Trinajstić information content (AvgIpc) is 2.90. The molecule has 1 aliphatic heterocycles. The van der Waals surface area contributed by atoms with Gasteiger partial charge in [0.2, 0.25) is 0 Å². The molecule has 1 aromatic rings. The first-order chi connectivity index (χ1) is 9.31. The Morgan fingerprint density at radius 1 is 1.30 bits per heavy atom. The molecule has 0 atom stereocenters. The number of thioether (sulfide) groups is 1. The first-order valence-electron chi connectivity index (χ1n) is 7.56. The molecule has 20 heavy (non-hydrogen) atoms. The minimum Gasteiger partial charge on any atom is -0.417 e. The van der Waals surface area contributed by atoms with Crippen LogP contribution in [-0.4, -0.2) is 24.7 Å². The summed E-state index contributed by atoms with van der Waals surface area (Å²) in [5.41, 5.74) is 2.88. The lowest BCUT2D eigenvalue weighted by molar-refractivity contribution is 0.275. The fraction of sp³-hybridized carbons (Fsp3) is 0.800. The standard InChI is InChI=1S/C15H28N2OSSi/c1-15(2,3)20(4,5)18-9-7-6-8-17-14-12-19-11-13(14)10-16-17/h10H,6-9,11-12H2,1-5H3. The molecule has 5 heteroatoms. The quantitative estimate of drug-likeness (QED) is 0.574. The second-order valence-electron chi connectivity index (χ2n) is 7.15. The minimum absolute atomic E-state index is 0.313. The van der Waals surface area contributed by atoms with Crippen LogP contribution in [0.5, 0.6) is 0 Å². The van der Waals surface area contributed by atoms with E-state index >= 15 is 0 Å². The van der Waals surface area contributed by atoms with Crippen molar-refractivity contribution < 1.29 is 4.43 Å². The first-order valence-corrected chi connectivity index (χ1v) is 11.6. The third-order valence-corrected chi connectivity index (χ3v) is 10.1. The lowest BCUT2D eigenvalue weighted by Gasteiger charge is -2.36. The maximum Gasteiger partial charge on any atom is 0.191 e. The number of aromatic nitrogens is 2.